The molecule has 0 spiro atoms. The van der Waals surface area contributed by atoms with Gasteiger partial charge in [-0.25, -0.2) is 4.39 Å². The number of rotatable bonds is 5. The van der Waals surface area contributed by atoms with Crippen LogP contribution < -0.4 is 5.32 Å². The van der Waals surface area contributed by atoms with Crippen LogP contribution in [0, 0.1) is 11.2 Å². The summed E-state index contributed by atoms with van der Waals surface area (Å²) in [6.07, 6.45) is 0.839. The summed E-state index contributed by atoms with van der Waals surface area (Å²) < 4.78 is 14.2. The van der Waals surface area contributed by atoms with Crippen LogP contribution in [0.2, 0.25) is 0 Å². The van der Waals surface area contributed by atoms with Crippen molar-refractivity contribution >= 4 is 21.6 Å². The minimum absolute atomic E-state index is 0.0894. The molecule has 16 heavy (non-hydrogen) atoms. The molecule has 1 unspecified atom stereocenters. The number of aliphatic hydroxyl groups is 1. The van der Waals surface area contributed by atoms with E-state index in [-0.39, 0.29) is 17.8 Å². The zero-order valence-corrected chi connectivity index (χ0v) is 11.1. The molecule has 0 aliphatic rings. The number of aliphatic hydroxyl groups excluding tert-OH is 1. The quantitative estimate of drug-likeness (QED) is 0.871. The topological polar surface area (TPSA) is 32.3 Å². The predicted octanol–water partition coefficient (Wildman–Crippen LogP) is 3.41. The van der Waals surface area contributed by atoms with Crippen molar-refractivity contribution in [3.05, 3.63) is 28.5 Å². The molecule has 0 aromatic heterocycles. The molecule has 0 bridgehead atoms. The molecule has 0 saturated carbocycles. The molecule has 90 valence electrons. The van der Waals surface area contributed by atoms with Crippen LogP contribution in [0.5, 0.6) is 0 Å². The van der Waals surface area contributed by atoms with Gasteiger partial charge < -0.3 is 10.4 Å². The average molecular weight is 290 g/mol. The van der Waals surface area contributed by atoms with E-state index in [1.807, 2.05) is 13.8 Å². The Morgan fingerprint density at radius 1 is 1.50 bits per heavy atom. The SMILES string of the molecule is CCC(C)(CO)CNc1cc(Br)ccc1F. The third-order valence-electron chi connectivity index (χ3n) is 2.87. The van der Waals surface area contributed by atoms with Crippen LogP contribution >= 0.6 is 15.9 Å². The average Bonchev–Trinajstić information content (AvgIpc) is 2.30. The molecule has 1 aromatic rings. The van der Waals surface area contributed by atoms with E-state index >= 15 is 0 Å². The Hall–Kier alpha value is -0.610. The number of anilines is 1. The van der Waals surface area contributed by atoms with E-state index in [0.717, 1.165) is 10.9 Å². The van der Waals surface area contributed by atoms with Crippen molar-refractivity contribution in [3.63, 3.8) is 0 Å². The van der Waals surface area contributed by atoms with Gasteiger partial charge in [-0.3, -0.25) is 0 Å². The van der Waals surface area contributed by atoms with Gasteiger partial charge in [0.1, 0.15) is 5.82 Å². The van der Waals surface area contributed by atoms with Gasteiger partial charge in [0.15, 0.2) is 0 Å². The minimum atomic E-state index is -0.278. The summed E-state index contributed by atoms with van der Waals surface area (Å²) in [5, 5.41) is 12.3. The van der Waals surface area contributed by atoms with Gasteiger partial charge in [0, 0.05) is 16.4 Å². The van der Waals surface area contributed by atoms with Crippen molar-refractivity contribution in [1.29, 1.82) is 0 Å². The van der Waals surface area contributed by atoms with E-state index in [1.165, 1.54) is 6.07 Å². The molecule has 0 fully saturated rings. The van der Waals surface area contributed by atoms with E-state index in [0.29, 0.717) is 12.2 Å². The van der Waals surface area contributed by atoms with Crippen LogP contribution in [-0.4, -0.2) is 18.3 Å². The largest absolute Gasteiger partial charge is 0.396 e. The van der Waals surface area contributed by atoms with Crippen molar-refractivity contribution in [2.45, 2.75) is 20.3 Å². The highest BCUT2D eigenvalue weighted by molar-refractivity contribution is 9.10. The molecule has 0 saturated heterocycles. The highest BCUT2D eigenvalue weighted by Crippen LogP contribution is 2.24. The van der Waals surface area contributed by atoms with E-state index in [2.05, 4.69) is 21.2 Å². The molecule has 0 aliphatic heterocycles. The molecule has 0 amide bonds. The first kappa shape index (κ1) is 13.5. The maximum atomic E-state index is 13.4. The first-order valence-corrected chi connectivity index (χ1v) is 6.10. The minimum Gasteiger partial charge on any atom is -0.396 e. The fourth-order valence-corrected chi connectivity index (χ4v) is 1.60. The maximum Gasteiger partial charge on any atom is 0.146 e. The van der Waals surface area contributed by atoms with Crippen LogP contribution in [0.1, 0.15) is 20.3 Å². The number of nitrogens with one attached hydrogen (secondary N) is 1. The second-order valence-corrected chi connectivity index (χ2v) is 5.22. The highest BCUT2D eigenvalue weighted by Gasteiger charge is 2.21. The van der Waals surface area contributed by atoms with Crippen molar-refractivity contribution in [2.24, 2.45) is 5.41 Å². The van der Waals surface area contributed by atoms with Gasteiger partial charge >= 0.3 is 0 Å². The number of halogens is 2. The van der Waals surface area contributed by atoms with E-state index in [4.69, 9.17) is 0 Å². The van der Waals surface area contributed by atoms with Gasteiger partial charge in [-0.2, -0.15) is 0 Å². The van der Waals surface area contributed by atoms with Crippen LogP contribution in [0.3, 0.4) is 0 Å². The molecule has 2 nitrogen and oxygen atoms in total. The Balaban J connectivity index is 2.70. The van der Waals surface area contributed by atoms with Gasteiger partial charge in [-0.05, 0) is 24.6 Å². The third-order valence-corrected chi connectivity index (χ3v) is 3.36. The highest BCUT2D eigenvalue weighted by atomic mass is 79.9. The van der Waals surface area contributed by atoms with Crippen LogP contribution in [0.25, 0.3) is 0 Å². The second kappa shape index (κ2) is 5.64. The standard InChI is InChI=1S/C12H17BrFNO/c1-3-12(2,8-16)7-15-11-6-9(13)4-5-10(11)14/h4-6,15-16H,3,7-8H2,1-2H3. The normalized spacial score (nSPS) is 14.6. The van der Waals surface area contributed by atoms with E-state index < -0.39 is 0 Å². The fraction of sp³-hybridized carbons (Fsp3) is 0.500. The van der Waals surface area contributed by atoms with Crippen molar-refractivity contribution in [3.8, 4) is 0 Å². The maximum absolute atomic E-state index is 13.4. The monoisotopic (exact) mass is 289 g/mol. The smallest absolute Gasteiger partial charge is 0.146 e. The summed E-state index contributed by atoms with van der Waals surface area (Å²) in [4.78, 5) is 0. The van der Waals surface area contributed by atoms with E-state index in [1.54, 1.807) is 12.1 Å². The third kappa shape index (κ3) is 3.46. The van der Waals surface area contributed by atoms with Crippen LogP contribution in [-0.2, 0) is 0 Å². The molecule has 0 radical (unpaired) electrons. The number of benzene rings is 1. The Morgan fingerprint density at radius 3 is 2.75 bits per heavy atom. The molecule has 0 heterocycles. The Kier molecular flexibility index (Phi) is 4.74. The molecule has 1 atom stereocenters. The summed E-state index contributed by atoms with van der Waals surface area (Å²) in [7, 11) is 0. The summed E-state index contributed by atoms with van der Waals surface area (Å²) >= 11 is 3.29. The summed E-state index contributed by atoms with van der Waals surface area (Å²) in [5.41, 5.74) is 0.247. The fourth-order valence-electron chi connectivity index (χ4n) is 1.23. The van der Waals surface area contributed by atoms with Crippen molar-refractivity contribution in [2.75, 3.05) is 18.5 Å². The lowest BCUT2D eigenvalue weighted by Gasteiger charge is -2.26. The predicted molar refractivity (Wildman–Crippen MR) is 68.1 cm³/mol. The summed E-state index contributed by atoms with van der Waals surface area (Å²) in [5.74, 6) is -0.278. The van der Waals surface area contributed by atoms with Gasteiger partial charge in [0.2, 0.25) is 0 Å². The Labute approximate surface area is 104 Å². The molecule has 4 heteroatoms. The first-order chi connectivity index (χ1) is 7.50. The lowest BCUT2D eigenvalue weighted by Crippen LogP contribution is -2.29. The first-order valence-electron chi connectivity index (χ1n) is 5.30. The van der Waals surface area contributed by atoms with Gasteiger partial charge in [0.05, 0.1) is 12.3 Å². The van der Waals surface area contributed by atoms with E-state index in [9.17, 15) is 9.50 Å². The summed E-state index contributed by atoms with van der Waals surface area (Å²) in [6.45, 7) is 4.62. The zero-order valence-electron chi connectivity index (χ0n) is 9.56. The molecule has 1 rings (SSSR count). The second-order valence-electron chi connectivity index (χ2n) is 4.30. The van der Waals surface area contributed by atoms with Gasteiger partial charge in [0.25, 0.3) is 0 Å². The van der Waals surface area contributed by atoms with Crippen LogP contribution in [0.4, 0.5) is 10.1 Å². The number of hydrogen-bond acceptors (Lipinski definition) is 2. The van der Waals surface area contributed by atoms with Crippen molar-refractivity contribution < 1.29 is 9.50 Å². The van der Waals surface area contributed by atoms with Crippen LogP contribution in [0.15, 0.2) is 22.7 Å². The molecule has 2 N–H and O–H groups in total. The molecule has 1 aromatic carbocycles. The van der Waals surface area contributed by atoms with Gasteiger partial charge in [-0.1, -0.05) is 29.8 Å². The lowest BCUT2D eigenvalue weighted by atomic mass is 9.88. The Morgan fingerprint density at radius 2 is 2.19 bits per heavy atom. The molecular formula is C12H17BrFNO. The molecule has 0 aliphatic carbocycles. The Bertz CT molecular complexity index is 353. The van der Waals surface area contributed by atoms with Crippen molar-refractivity contribution in [1.82, 2.24) is 0 Å². The molecular weight excluding hydrogens is 273 g/mol. The summed E-state index contributed by atoms with van der Waals surface area (Å²) in [6, 6.07) is 4.77. The lowest BCUT2D eigenvalue weighted by molar-refractivity contribution is 0.149. The number of hydrogen-bond donors (Lipinski definition) is 2. The van der Waals surface area contributed by atoms with Gasteiger partial charge in [-0.15, -0.1) is 0 Å². The zero-order chi connectivity index (χ0) is 12.2.